The molecule has 0 spiro atoms. The van der Waals surface area contributed by atoms with E-state index in [1.54, 1.807) is 0 Å². The summed E-state index contributed by atoms with van der Waals surface area (Å²) < 4.78 is 40.9. The maximum Gasteiger partial charge on any atom is 0.267 e. The molecule has 0 amide bonds. The lowest BCUT2D eigenvalue weighted by atomic mass is 10.4. The van der Waals surface area contributed by atoms with Crippen LogP contribution in [0.3, 0.4) is 0 Å². The summed E-state index contributed by atoms with van der Waals surface area (Å²) in [4.78, 5) is 0. The fourth-order valence-corrected chi connectivity index (χ4v) is 5.90. The first-order valence-electron chi connectivity index (χ1n) is 6.96. The molecule has 22 heavy (non-hydrogen) atoms. The van der Waals surface area contributed by atoms with Gasteiger partial charge in [-0.25, -0.2) is 0 Å². The minimum Gasteiger partial charge on any atom is -0.314 e. The summed E-state index contributed by atoms with van der Waals surface area (Å²) in [6.45, 7) is 0. The second-order valence-electron chi connectivity index (χ2n) is 4.92. The molecule has 0 saturated heterocycles. The van der Waals surface area contributed by atoms with Gasteiger partial charge < -0.3 is 4.57 Å². The van der Waals surface area contributed by atoms with Gasteiger partial charge >= 0.3 is 0 Å². The molecule has 0 N–H and O–H groups in total. The lowest BCUT2D eigenvalue weighted by molar-refractivity contribution is 0.397. The Kier molecular flexibility index (Phi) is 5.57. The van der Waals surface area contributed by atoms with Gasteiger partial charge in [-0.15, -0.1) is 0 Å². The number of hydrogen-bond donors (Lipinski definition) is 0. The zero-order chi connectivity index (χ0) is 16.1. The normalized spacial score (nSPS) is 12.2. The molecular weight excluding hydrogens is 319 g/mol. The van der Waals surface area contributed by atoms with Crippen LogP contribution >= 0.6 is 7.14 Å². The standard InChI is InChI=1S/C16H19O4PS/c1-20-22(18,19)14-8-13-21(17,15-9-4-2-5-10-15)16-11-6-3-7-12-16/h2-7,9-12H,8,13-14H2,1H3. The van der Waals surface area contributed by atoms with Crippen molar-refractivity contribution >= 4 is 27.9 Å². The summed E-state index contributed by atoms with van der Waals surface area (Å²) in [6, 6.07) is 18.4. The van der Waals surface area contributed by atoms with Crippen molar-refractivity contribution in [2.75, 3.05) is 19.0 Å². The van der Waals surface area contributed by atoms with Crippen molar-refractivity contribution in [3.63, 3.8) is 0 Å². The van der Waals surface area contributed by atoms with Gasteiger partial charge in [-0.2, -0.15) is 8.42 Å². The Balaban J connectivity index is 2.30. The van der Waals surface area contributed by atoms with Crippen LogP contribution < -0.4 is 10.6 Å². The molecule has 0 radical (unpaired) electrons. The summed E-state index contributed by atoms with van der Waals surface area (Å²) in [6.07, 6.45) is 0.584. The molecule has 2 aromatic carbocycles. The highest BCUT2D eigenvalue weighted by molar-refractivity contribution is 7.86. The van der Waals surface area contributed by atoms with Crippen LogP contribution in [-0.4, -0.2) is 27.4 Å². The molecule has 2 aromatic rings. The SMILES string of the molecule is COS(=O)(=O)CCCP(=O)(c1ccccc1)c1ccccc1. The van der Waals surface area contributed by atoms with Crippen LogP contribution in [0, 0.1) is 0 Å². The van der Waals surface area contributed by atoms with E-state index >= 15 is 0 Å². The molecule has 0 saturated carbocycles. The maximum atomic E-state index is 13.6. The molecule has 4 nitrogen and oxygen atoms in total. The molecule has 0 aliphatic heterocycles. The second-order valence-corrected chi connectivity index (χ2v) is 9.73. The van der Waals surface area contributed by atoms with E-state index in [-0.39, 0.29) is 12.2 Å². The van der Waals surface area contributed by atoms with Crippen molar-refractivity contribution in [2.24, 2.45) is 0 Å². The van der Waals surface area contributed by atoms with E-state index in [0.717, 1.165) is 17.7 Å². The van der Waals surface area contributed by atoms with Crippen LogP contribution in [0.5, 0.6) is 0 Å². The zero-order valence-corrected chi connectivity index (χ0v) is 14.1. The van der Waals surface area contributed by atoms with E-state index in [0.29, 0.717) is 6.16 Å². The number of hydrogen-bond acceptors (Lipinski definition) is 4. The van der Waals surface area contributed by atoms with Gasteiger partial charge in [-0.05, 0) is 6.42 Å². The lowest BCUT2D eigenvalue weighted by Gasteiger charge is -2.19. The van der Waals surface area contributed by atoms with Crippen LogP contribution in [-0.2, 0) is 18.9 Å². The van der Waals surface area contributed by atoms with Crippen molar-refractivity contribution in [3.8, 4) is 0 Å². The molecule has 0 unspecified atom stereocenters. The number of benzene rings is 2. The lowest BCUT2D eigenvalue weighted by Crippen LogP contribution is -2.20. The Morgan fingerprint density at radius 2 is 1.36 bits per heavy atom. The van der Waals surface area contributed by atoms with Crippen molar-refractivity contribution in [3.05, 3.63) is 60.7 Å². The fraction of sp³-hybridized carbons (Fsp3) is 0.250. The third kappa shape index (κ3) is 4.07. The van der Waals surface area contributed by atoms with E-state index < -0.39 is 17.3 Å². The van der Waals surface area contributed by atoms with Crippen molar-refractivity contribution < 1.29 is 17.2 Å². The third-order valence-electron chi connectivity index (χ3n) is 3.47. The average molecular weight is 338 g/mol. The van der Waals surface area contributed by atoms with Gasteiger partial charge in [0, 0.05) is 16.8 Å². The van der Waals surface area contributed by atoms with Crippen LogP contribution in [0.4, 0.5) is 0 Å². The van der Waals surface area contributed by atoms with Crippen molar-refractivity contribution in [2.45, 2.75) is 6.42 Å². The topological polar surface area (TPSA) is 60.4 Å². The maximum absolute atomic E-state index is 13.6. The van der Waals surface area contributed by atoms with Gasteiger partial charge in [0.25, 0.3) is 10.1 Å². The van der Waals surface area contributed by atoms with Crippen LogP contribution in [0.1, 0.15) is 6.42 Å². The Morgan fingerprint density at radius 3 is 1.77 bits per heavy atom. The molecule has 0 atom stereocenters. The van der Waals surface area contributed by atoms with Gasteiger partial charge in [0.2, 0.25) is 0 Å². The minimum absolute atomic E-state index is 0.132. The van der Waals surface area contributed by atoms with Crippen LogP contribution in [0.15, 0.2) is 60.7 Å². The van der Waals surface area contributed by atoms with Crippen LogP contribution in [0.2, 0.25) is 0 Å². The molecule has 0 aromatic heterocycles. The fourth-order valence-electron chi connectivity index (χ4n) is 2.29. The highest BCUT2D eigenvalue weighted by atomic mass is 32.2. The molecule has 118 valence electrons. The van der Waals surface area contributed by atoms with Gasteiger partial charge in [0.15, 0.2) is 0 Å². The first-order chi connectivity index (χ1) is 10.5. The largest absolute Gasteiger partial charge is 0.314 e. The average Bonchev–Trinajstić information content (AvgIpc) is 2.56. The van der Waals surface area contributed by atoms with E-state index in [9.17, 15) is 13.0 Å². The molecule has 2 rings (SSSR count). The smallest absolute Gasteiger partial charge is 0.267 e. The molecule has 0 fully saturated rings. The van der Waals surface area contributed by atoms with Crippen LogP contribution in [0.25, 0.3) is 0 Å². The van der Waals surface area contributed by atoms with Gasteiger partial charge in [0.1, 0.15) is 7.14 Å². The summed E-state index contributed by atoms with van der Waals surface area (Å²) in [5.74, 6) is -0.132. The van der Waals surface area contributed by atoms with E-state index in [1.807, 2.05) is 60.7 Å². The first kappa shape index (κ1) is 16.9. The monoisotopic (exact) mass is 338 g/mol. The Hall–Kier alpha value is -1.42. The predicted molar refractivity (Wildman–Crippen MR) is 90.0 cm³/mol. The summed E-state index contributed by atoms with van der Waals surface area (Å²) >= 11 is 0. The quantitative estimate of drug-likeness (QED) is 0.574. The summed E-state index contributed by atoms with van der Waals surface area (Å²) in [7, 11) is -5.23. The van der Waals surface area contributed by atoms with Gasteiger partial charge in [-0.3, -0.25) is 4.18 Å². The highest BCUT2D eigenvalue weighted by Crippen LogP contribution is 2.43. The molecule has 0 aliphatic carbocycles. The van der Waals surface area contributed by atoms with Gasteiger partial charge in [-0.1, -0.05) is 60.7 Å². The van der Waals surface area contributed by atoms with E-state index in [1.165, 1.54) is 0 Å². The van der Waals surface area contributed by atoms with E-state index in [2.05, 4.69) is 4.18 Å². The Bertz CT molecular complexity index is 699. The van der Waals surface area contributed by atoms with Crippen molar-refractivity contribution in [1.29, 1.82) is 0 Å². The third-order valence-corrected chi connectivity index (χ3v) is 7.98. The summed E-state index contributed by atoms with van der Waals surface area (Å²) in [5.41, 5.74) is 0. The Morgan fingerprint density at radius 1 is 0.909 bits per heavy atom. The molecule has 0 aliphatic rings. The molecule has 6 heteroatoms. The minimum atomic E-state index is -3.53. The molecule has 0 bridgehead atoms. The number of rotatable bonds is 7. The highest BCUT2D eigenvalue weighted by Gasteiger charge is 2.27. The summed E-state index contributed by atoms with van der Waals surface area (Å²) in [5, 5.41) is 1.49. The Labute approximate surface area is 131 Å². The van der Waals surface area contributed by atoms with Gasteiger partial charge in [0.05, 0.1) is 12.9 Å². The molecular formula is C16H19O4PS. The predicted octanol–water partition coefficient (Wildman–Crippen LogP) is 2.37. The molecule has 0 heterocycles. The van der Waals surface area contributed by atoms with E-state index in [4.69, 9.17) is 0 Å². The second kappa shape index (κ2) is 7.23. The van der Waals surface area contributed by atoms with Crippen molar-refractivity contribution in [1.82, 2.24) is 0 Å². The first-order valence-corrected chi connectivity index (χ1v) is 10.4. The zero-order valence-electron chi connectivity index (χ0n) is 12.4.